The molecule has 2 rings (SSSR count). The summed E-state index contributed by atoms with van der Waals surface area (Å²) in [4.78, 5) is 23.9. The van der Waals surface area contributed by atoms with Crippen LogP contribution >= 0.6 is 0 Å². The summed E-state index contributed by atoms with van der Waals surface area (Å²) < 4.78 is 4.74. The number of allylic oxidation sites excluding steroid dienone is 5. The lowest BCUT2D eigenvalue weighted by atomic mass is 10.1. The zero-order valence-electron chi connectivity index (χ0n) is 13.4. The molecule has 0 saturated heterocycles. The molecule has 1 atom stereocenters. The molecule has 0 aliphatic heterocycles. The van der Waals surface area contributed by atoms with Gasteiger partial charge in [0, 0.05) is 12.0 Å². The maximum absolute atomic E-state index is 12.0. The lowest BCUT2D eigenvalue weighted by Crippen LogP contribution is -2.46. The van der Waals surface area contributed by atoms with E-state index >= 15 is 0 Å². The molecule has 6 nitrogen and oxygen atoms in total. The Balaban J connectivity index is 1.92. The third-order valence-corrected chi connectivity index (χ3v) is 3.46. The zero-order chi connectivity index (χ0) is 17.4. The van der Waals surface area contributed by atoms with Crippen molar-refractivity contribution in [2.75, 3.05) is 13.7 Å². The van der Waals surface area contributed by atoms with E-state index in [1.54, 1.807) is 24.3 Å². The van der Waals surface area contributed by atoms with E-state index in [9.17, 15) is 14.7 Å². The SMILES string of the molecule is COC(=O)[C@H](Cc1ccccc1)NC(=O)CNC(O)=C1C=CC=C1. The highest BCUT2D eigenvalue weighted by molar-refractivity contribution is 5.85. The van der Waals surface area contributed by atoms with Gasteiger partial charge in [0.2, 0.25) is 5.91 Å². The number of aliphatic hydroxyl groups is 1. The van der Waals surface area contributed by atoms with Crippen molar-refractivity contribution in [3.8, 4) is 0 Å². The standard InChI is InChI=1S/C18H20N2O4/c1-24-18(23)15(11-13-7-3-2-4-8-13)20-16(21)12-19-17(22)14-9-5-6-10-14/h2-10,15,19,22H,11-12H2,1H3,(H,20,21)/t15-/m0/s1. The van der Waals surface area contributed by atoms with Crippen molar-refractivity contribution in [3.63, 3.8) is 0 Å². The quantitative estimate of drug-likeness (QED) is 0.520. The maximum Gasteiger partial charge on any atom is 0.328 e. The third kappa shape index (κ3) is 5.01. The Bertz CT molecular complexity index is 664. The Hall–Kier alpha value is -3.02. The average Bonchev–Trinajstić information content (AvgIpc) is 3.14. The zero-order valence-corrected chi connectivity index (χ0v) is 13.4. The predicted octanol–water partition coefficient (Wildman–Crippen LogP) is 1.37. The molecule has 0 fully saturated rings. The second kappa shape index (κ2) is 8.57. The summed E-state index contributed by atoms with van der Waals surface area (Å²) in [7, 11) is 1.28. The van der Waals surface area contributed by atoms with E-state index in [0.717, 1.165) is 5.56 Å². The van der Waals surface area contributed by atoms with Crippen LogP contribution in [0.25, 0.3) is 0 Å². The Morgan fingerprint density at radius 3 is 2.46 bits per heavy atom. The second-order valence-corrected chi connectivity index (χ2v) is 5.21. The van der Waals surface area contributed by atoms with Crippen LogP contribution in [0.2, 0.25) is 0 Å². The number of benzene rings is 1. The summed E-state index contributed by atoms with van der Waals surface area (Å²) in [6.45, 7) is -0.153. The number of hydrogen-bond donors (Lipinski definition) is 3. The molecule has 6 heteroatoms. The van der Waals surface area contributed by atoms with Crippen LogP contribution in [0.5, 0.6) is 0 Å². The first-order valence-electron chi connectivity index (χ1n) is 7.53. The molecular weight excluding hydrogens is 308 g/mol. The van der Waals surface area contributed by atoms with Gasteiger partial charge < -0.3 is 20.5 Å². The van der Waals surface area contributed by atoms with E-state index < -0.39 is 17.9 Å². The summed E-state index contributed by atoms with van der Waals surface area (Å²) in [5.41, 5.74) is 1.50. The first-order valence-corrected chi connectivity index (χ1v) is 7.53. The molecule has 1 aliphatic carbocycles. The molecule has 0 unspecified atom stereocenters. The number of amides is 1. The number of aliphatic hydroxyl groups excluding tert-OH is 1. The smallest absolute Gasteiger partial charge is 0.328 e. The fourth-order valence-corrected chi connectivity index (χ4v) is 2.23. The van der Waals surface area contributed by atoms with Gasteiger partial charge >= 0.3 is 5.97 Å². The van der Waals surface area contributed by atoms with Crippen LogP contribution in [0.3, 0.4) is 0 Å². The minimum atomic E-state index is -0.784. The minimum absolute atomic E-state index is 0.0900. The number of nitrogens with one attached hydrogen (secondary N) is 2. The van der Waals surface area contributed by atoms with Crippen molar-refractivity contribution in [2.24, 2.45) is 0 Å². The van der Waals surface area contributed by atoms with Gasteiger partial charge in [-0.15, -0.1) is 0 Å². The van der Waals surface area contributed by atoms with E-state index in [1.165, 1.54) is 7.11 Å². The molecule has 1 amide bonds. The summed E-state index contributed by atoms with van der Waals surface area (Å²) in [5.74, 6) is -1.02. The van der Waals surface area contributed by atoms with Crippen LogP contribution in [0, 0.1) is 0 Å². The molecule has 3 N–H and O–H groups in total. The summed E-state index contributed by atoms with van der Waals surface area (Å²) >= 11 is 0. The first-order chi connectivity index (χ1) is 11.6. The van der Waals surface area contributed by atoms with Gasteiger partial charge in [-0.3, -0.25) is 4.79 Å². The molecule has 0 aromatic heterocycles. The van der Waals surface area contributed by atoms with E-state index in [0.29, 0.717) is 12.0 Å². The number of esters is 1. The number of ether oxygens (including phenoxy) is 1. The summed E-state index contributed by atoms with van der Waals surface area (Å²) in [6.07, 6.45) is 7.32. The Labute approximate surface area is 140 Å². The van der Waals surface area contributed by atoms with Crippen LogP contribution in [-0.4, -0.2) is 36.7 Å². The van der Waals surface area contributed by atoms with Crippen LogP contribution in [0.4, 0.5) is 0 Å². The molecule has 1 aromatic rings. The second-order valence-electron chi connectivity index (χ2n) is 5.21. The van der Waals surface area contributed by atoms with Gasteiger partial charge in [-0.2, -0.15) is 0 Å². The lowest BCUT2D eigenvalue weighted by Gasteiger charge is -2.17. The van der Waals surface area contributed by atoms with Crippen molar-refractivity contribution in [2.45, 2.75) is 12.5 Å². The van der Waals surface area contributed by atoms with Gasteiger partial charge in [-0.25, -0.2) is 4.79 Å². The number of methoxy groups -OCH3 is 1. The highest BCUT2D eigenvalue weighted by Gasteiger charge is 2.21. The van der Waals surface area contributed by atoms with Gasteiger partial charge in [-0.1, -0.05) is 42.5 Å². The molecule has 126 valence electrons. The van der Waals surface area contributed by atoms with E-state index in [2.05, 4.69) is 10.6 Å². The maximum atomic E-state index is 12.0. The molecule has 24 heavy (non-hydrogen) atoms. The molecule has 0 radical (unpaired) electrons. The fraction of sp³-hybridized carbons (Fsp3) is 0.222. The van der Waals surface area contributed by atoms with Crippen molar-refractivity contribution < 1.29 is 19.4 Å². The van der Waals surface area contributed by atoms with Gasteiger partial charge in [0.1, 0.15) is 6.04 Å². The normalized spacial score (nSPS) is 13.5. The average molecular weight is 328 g/mol. The molecule has 0 bridgehead atoms. The molecule has 0 spiro atoms. The molecule has 0 saturated carbocycles. The number of rotatable bonds is 7. The molecule has 1 aromatic carbocycles. The van der Waals surface area contributed by atoms with Gasteiger partial charge in [-0.05, 0) is 17.7 Å². The molecule has 0 heterocycles. The summed E-state index contributed by atoms with van der Waals surface area (Å²) in [5, 5.41) is 15.1. The number of carbonyl (C=O) groups excluding carboxylic acids is 2. The van der Waals surface area contributed by atoms with Crippen LogP contribution in [0.15, 0.2) is 66.1 Å². The van der Waals surface area contributed by atoms with Crippen LogP contribution in [0.1, 0.15) is 5.56 Å². The highest BCUT2D eigenvalue weighted by atomic mass is 16.5. The van der Waals surface area contributed by atoms with E-state index in [-0.39, 0.29) is 12.4 Å². The third-order valence-electron chi connectivity index (χ3n) is 3.46. The van der Waals surface area contributed by atoms with Crippen LogP contribution < -0.4 is 10.6 Å². The molecule has 1 aliphatic rings. The van der Waals surface area contributed by atoms with Crippen molar-refractivity contribution in [3.05, 3.63) is 71.7 Å². The Morgan fingerprint density at radius 2 is 1.83 bits per heavy atom. The van der Waals surface area contributed by atoms with Gasteiger partial charge in [0.05, 0.1) is 13.7 Å². The van der Waals surface area contributed by atoms with Gasteiger partial charge in [0.15, 0.2) is 5.88 Å². The Kier molecular flexibility index (Phi) is 6.19. The lowest BCUT2D eigenvalue weighted by molar-refractivity contribution is -0.144. The largest absolute Gasteiger partial charge is 0.494 e. The first kappa shape index (κ1) is 17.3. The monoisotopic (exact) mass is 328 g/mol. The number of carbonyl (C=O) groups is 2. The fourth-order valence-electron chi connectivity index (χ4n) is 2.23. The Morgan fingerprint density at radius 1 is 1.17 bits per heavy atom. The predicted molar refractivity (Wildman–Crippen MR) is 90.0 cm³/mol. The molecular formula is C18H20N2O4. The number of hydrogen-bond acceptors (Lipinski definition) is 5. The van der Waals surface area contributed by atoms with E-state index in [4.69, 9.17) is 4.74 Å². The van der Waals surface area contributed by atoms with E-state index in [1.807, 2.05) is 30.3 Å². The van der Waals surface area contributed by atoms with Crippen LogP contribution in [-0.2, 0) is 20.7 Å². The van der Waals surface area contributed by atoms with Crippen molar-refractivity contribution in [1.29, 1.82) is 0 Å². The topological polar surface area (TPSA) is 87.7 Å². The minimum Gasteiger partial charge on any atom is -0.494 e. The van der Waals surface area contributed by atoms with Crippen molar-refractivity contribution in [1.82, 2.24) is 10.6 Å². The van der Waals surface area contributed by atoms with Crippen molar-refractivity contribution >= 4 is 11.9 Å². The van der Waals surface area contributed by atoms with Gasteiger partial charge in [0.25, 0.3) is 0 Å². The highest BCUT2D eigenvalue weighted by Crippen LogP contribution is 2.09. The summed E-state index contributed by atoms with van der Waals surface area (Å²) in [6, 6.07) is 8.55.